The molecule has 13 nitrogen and oxygen atoms in total. The van der Waals surface area contributed by atoms with Crippen molar-refractivity contribution in [3.8, 4) is 0 Å². The van der Waals surface area contributed by atoms with Crippen LogP contribution in [0.1, 0.15) is 80.5 Å². The number of carboxylic acids is 1. The minimum Gasteiger partial charge on any atom is -0.481 e. The summed E-state index contributed by atoms with van der Waals surface area (Å²) in [6.45, 7) is 4.07. The van der Waals surface area contributed by atoms with Crippen LogP contribution < -0.4 is 11.5 Å². The highest BCUT2D eigenvalue weighted by Gasteiger charge is 2.30. The molecule has 0 aliphatic rings. The van der Waals surface area contributed by atoms with Gasteiger partial charge in [-0.05, 0) is 143 Å². The van der Waals surface area contributed by atoms with Gasteiger partial charge in [-0.3, -0.25) is 33.9 Å². The number of carbonyl (C=O) groups excluding carboxylic acids is 5. The van der Waals surface area contributed by atoms with E-state index in [0.29, 0.717) is 69.9 Å². The number of aliphatic imine (C=N–C) groups is 1. The lowest BCUT2D eigenvalue weighted by Crippen LogP contribution is -2.07. The number of rotatable bonds is 20. The average molecular weight is 1230 g/mol. The van der Waals surface area contributed by atoms with Crippen molar-refractivity contribution < 1.29 is 51.8 Å². The van der Waals surface area contributed by atoms with Gasteiger partial charge in [-0.15, -0.1) is 0 Å². The van der Waals surface area contributed by atoms with E-state index in [1.165, 1.54) is 36.4 Å². The zero-order valence-electron chi connectivity index (χ0n) is 51.0. The molecule has 0 bridgehead atoms. The summed E-state index contributed by atoms with van der Waals surface area (Å²) in [4.78, 5) is 79.4. The molecule has 2 aromatic heterocycles. The molecule has 0 amide bonds. The number of benzene rings is 8. The number of aryl methyl sites for hydroxylation is 5. The molecule has 91 heavy (non-hydrogen) atoms. The minimum absolute atomic E-state index is 0.0511. The monoisotopic (exact) mass is 1230 g/mol. The Morgan fingerprint density at radius 1 is 0.473 bits per heavy atom. The van der Waals surface area contributed by atoms with E-state index in [9.17, 15) is 41.9 Å². The van der Waals surface area contributed by atoms with Gasteiger partial charge < -0.3 is 21.3 Å². The standard InChI is InChI=1S/C29H27NO2.C20H22O3.C9H8N2.C9H11NO2.C8H4F3NO/c1-21-3-2-4-24(15-21)19-29(32)17-23-7-5-22(6-8-23)10-12-28(31)18-25-9-11-27-20-30-14-13-26(27)16-25;1-15-4-3-5-18(12-15)14-19(21)13-17-8-6-16(7-9-17)10-11-20(22)23-2;10-9-2-1-8-6-11-4-3-7(8)5-9;10-8-4-1-7(2-5-8)3-6-9(11)12;9-8(10,11)6-2-1-3-7(4-6)12-5-13/h2-9,11,13-16,20H,10,12,17-19H2,1H3;3-9,12H,10-11,13-14H2,1-2H3;1-6H,10H2;1-2,4-5H,3,6,10H2,(H,11,12);1-4H. The maximum atomic E-state index is 12.5. The molecule has 0 atom stereocenters. The Morgan fingerprint density at radius 2 is 0.901 bits per heavy atom. The fraction of sp³-hybridized carbons (Fsp3) is 0.200. The Balaban J connectivity index is 0.000000194. The van der Waals surface area contributed by atoms with Gasteiger partial charge in [-0.1, -0.05) is 151 Å². The number of Topliss-reactive ketones (excluding diaryl/α,β-unsaturated/α-hetero) is 3. The van der Waals surface area contributed by atoms with Crippen molar-refractivity contribution in [3.63, 3.8) is 0 Å². The molecule has 5 N–H and O–H groups in total. The number of carboxylic acid groups (broad SMARTS) is 1. The van der Waals surface area contributed by atoms with Gasteiger partial charge in [0.1, 0.15) is 17.3 Å². The summed E-state index contributed by atoms with van der Waals surface area (Å²) < 4.78 is 40.8. The first-order valence-electron chi connectivity index (χ1n) is 29.3. The maximum absolute atomic E-state index is 12.5. The first-order valence-corrected chi connectivity index (χ1v) is 29.3. The van der Waals surface area contributed by atoms with Crippen LogP contribution in [0.15, 0.2) is 224 Å². The van der Waals surface area contributed by atoms with Gasteiger partial charge in [-0.25, -0.2) is 4.79 Å². The lowest BCUT2D eigenvalue weighted by Gasteiger charge is -2.06. The predicted molar refractivity (Wildman–Crippen MR) is 351 cm³/mol. The van der Waals surface area contributed by atoms with E-state index in [0.717, 1.165) is 83.9 Å². The number of ether oxygens (including phenoxy) is 1. The van der Waals surface area contributed by atoms with Crippen LogP contribution in [0.5, 0.6) is 0 Å². The molecule has 16 heteroatoms. The SMILES string of the molecule is COC(=O)CCc1ccc(CC(=O)Cc2cccc(C)c2)cc1.Cc1cccc(CC(=O)Cc2ccc(CCC(=O)Cc3ccc4cnccc4c3)cc2)c1.Nc1ccc(CCC(=O)O)cc1.Nc1ccc2cnccc2c1.O=C=Nc1cccc(C(F)(F)F)c1. The van der Waals surface area contributed by atoms with Gasteiger partial charge in [0.05, 0.1) is 18.4 Å². The Morgan fingerprint density at radius 3 is 1.41 bits per heavy atom. The van der Waals surface area contributed by atoms with Crippen LogP contribution in [0.2, 0.25) is 0 Å². The van der Waals surface area contributed by atoms with Crippen LogP contribution >= 0.6 is 0 Å². The summed E-state index contributed by atoms with van der Waals surface area (Å²) >= 11 is 0. The van der Waals surface area contributed by atoms with Gasteiger partial charge in [0.15, 0.2) is 0 Å². The van der Waals surface area contributed by atoms with Crippen LogP contribution in [-0.2, 0) is 91.0 Å². The molecule has 0 saturated heterocycles. The number of halogens is 3. The third-order valence-corrected chi connectivity index (χ3v) is 14.1. The number of nitrogens with zero attached hydrogens (tertiary/aromatic N) is 3. The van der Waals surface area contributed by atoms with Crippen molar-refractivity contribution >= 4 is 74.0 Å². The first kappa shape index (κ1) is 69.4. The highest BCUT2D eigenvalue weighted by Crippen LogP contribution is 2.31. The fourth-order valence-corrected chi connectivity index (χ4v) is 9.36. The second-order valence-corrected chi connectivity index (χ2v) is 21.6. The molecule has 0 saturated carbocycles. The number of aromatic nitrogens is 2. The predicted octanol–water partition coefficient (Wildman–Crippen LogP) is 14.9. The topological polar surface area (TPSA) is 222 Å². The number of isocyanates is 1. The number of methoxy groups -OCH3 is 1. The lowest BCUT2D eigenvalue weighted by molar-refractivity contribution is -0.140. The fourth-order valence-electron chi connectivity index (χ4n) is 9.36. The van der Waals surface area contributed by atoms with Crippen molar-refractivity contribution in [2.24, 2.45) is 4.99 Å². The van der Waals surface area contributed by atoms with Crippen LogP contribution in [-0.4, -0.2) is 57.6 Å². The van der Waals surface area contributed by atoms with Crippen LogP contribution in [0.25, 0.3) is 21.5 Å². The maximum Gasteiger partial charge on any atom is 0.416 e. The summed E-state index contributed by atoms with van der Waals surface area (Å²) in [6.07, 6.45) is 9.21. The number of fused-ring (bicyclic) bond motifs is 2. The molecule has 0 spiro atoms. The number of carbonyl (C=O) groups is 5. The molecule has 0 radical (unpaired) electrons. The van der Waals surface area contributed by atoms with Crippen molar-refractivity contribution in [1.29, 1.82) is 0 Å². The quantitative estimate of drug-likeness (QED) is 0.0281. The second kappa shape index (κ2) is 35.9. The summed E-state index contributed by atoms with van der Waals surface area (Å²) in [5.74, 6) is -0.326. The third-order valence-electron chi connectivity index (χ3n) is 14.1. The number of anilines is 2. The van der Waals surface area contributed by atoms with Gasteiger partial charge in [0.25, 0.3) is 0 Å². The Labute approximate surface area is 527 Å². The van der Waals surface area contributed by atoms with Crippen molar-refractivity contribution in [2.45, 2.75) is 90.7 Å². The second-order valence-electron chi connectivity index (χ2n) is 21.6. The van der Waals surface area contributed by atoms with E-state index >= 15 is 0 Å². The largest absolute Gasteiger partial charge is 0.481 e. The van der Waals surface area contributed by atoms with E-state index < -0.39 is 17.7 Å². The number of hydrogen-bond donors (Lipinski definition) is 3. The van der Waals surface area contributed by atoms with E-state index in [1.807, 2.05) is 172 Å². The van der Waals surface area contributed by atoms with Crippen molar-refractivity contribution in [2.75, 3.05) is 18.6 Å². The Hall–Kier alpha value is -10.7. The number of nitrogens with two attached hydrogens (primary N) is 2. The van der Waals surface area contributed by atoms with Crippen LogP contribution in [0, 0.1) is 13.8 Å². The molecule has 10 aromatic rings. The molecule has 0 aliphatic heterocycles. The average Bonchev–Trinajstić information content (AvgIpc) is 2.00. The minimum atomic E-state index is -4.41. The van der Waals surface area contributed by atoms with Gasteiger partial charge in [0.2, 0.25) is 6.08 Å². The van der Waals surface area contributed by atoms with E-state index in [4.69, 9.17) is 16.6 Å². The molecular formula is C75H72F3N5O8. The van der Waals surface area contributed by atoms with Crippen molar-refractivity contribution in [3.05, 3.63) is 280 Å². The zero-order valence-corrected chi connectivity index (χ0v) is 51.0. The molecular weight excluding hydrogens is 1160 g/mol. The molecule has 0 fully saturated rings. The molecule has 466 valence electrons. The normalized spacial score (nSPS) is 10.5. The number of pyridine rings is 2. The summed E-state index contributed by atoms with van der Waals surface area (Å²) in [7, 11) is 1.39. The molecule has 10 rings (SSSR count). The number of alkyl halides is 3. The number of hydrogen-bond acceptors (Lipinski definition) is 12. The van der Waals surface area contributed by atoms with Crippen LogP contribution in [0.4, 0.5) is 30.2 Å². The Bertz CT molecular complexity index is 4070. The van der Waals surface area contributed by atoms with Crippen LogP contribution in [0.3, 0.4) is 0 Å². The highest BCUT2D eigenvalue weighted by molar-refractivity contribution is 5.87. The number of ketones is 3. The van der Waals surface area contributed by atoms with E-state index in [2.05, 4.69) is 31.8 Å². The van der Waals surface area contributed by atoms with Gasteiger partial charge in [0, 0.05) is 98.3 Å². The highest BCUT2D eigenvalue weighted by atomic mass is 19.4. The molecule has 0 unspecified atom stereocenters. The summed E-state index contributed by atoms with van der Waals surface area (Å²) in [6, 6.07) is 59.3. The van der Waals surface area contributed by atoms with Gasteiger partial charge in [-0.2, -0.15) is 18.2 Å². The first-order chi connectivity index (χ1) is 43.7. The summed E-state index contributed by atoms with van der Waals surface area (Å²) in [5.41, 5.74) is 22.4. The smallest absolute Gasteiger partial charge is 0.416 e. The third kappa shape index (κ3) is 25.9. The lowest BCUT2D eigenvalue weighted by atomic mass is 9.98. The Kier molecular flexibility index (Phi) is 27.4. The summed E-state index contributed by atoms with van der Waals surface area (Å²) in [5, 5.41) is 12.9. The molecule has 8 aromatic carbocycles. The van der Waals surface area contributed by atoms with Crippen molar-refractivity contribution in [1.82, 2.24) is 9.97 Å². The molecule has 2 heterocycles. The van der Waals surface area contributed by atoms with E-state index in [-0.39, 0.29) is 35.4 Å². The van der Waals surface area contributed by atoms with Gasteiger partial charge >= 0.3 is 18.1 Å². The number of esters is 1. The zero-order chi connectivity index (χ0) is 65.5. The molecule has 0 aliphatic carbocycles. The number of nitrogen functional groups attached to an aromatic ring is 2. The number of aliphatic carboxylic acids is 1. The van der Waals surface area contributed by atoms with E-state index in [1.54, 1.807) is 24.5 Å².